The number of aryl methyl sites for hydroxylation is 1. The Hall–Kier alpha value is -3.02. The standard InChI is InChI=1S/C27H38N2O4/c1-6-20(4)28-27(31)21(5)29(19-23-12-10-9-11-13-23)26(30)17-15-22-14-16-24(32-7-2)25(18-22)33-8-3/h9-14,16,18,20-21H,6-8,15,17,19H2,1-5H3,(H,28,31)/t20-,21+/m0/s1. The Morgan fingerprint density at radius 1 is 0.909 bits per heavy atom. The predicted octanol–water partition coefficient (Wildman–Crippen LogP) is 4.75. The molecule has 0 heterocycles. The molecular formula is C27H38N2O4. The van der Waals surface area contributed by atoms with Crippen LogP contribution in [0.2, 0.25) is 0 Å². The molecule has 1 N–H and O–H groups in total. The van der Waals surface area contributed by atoms with E-state index < -0.39 is 6.04 Å². The summed E-state index contributed by atoms with van der Waals surface area (Å²) >= 11 is 0. The van der Waals surface area contributed by atoms with Crippen LogP contribution in [-0.4, -0.2) is 42.0 Å². The zero-order valence-corrected chi connectivity index (χ0v) is 20.6. The van der Waals surface area contributed by atoms with Crippen molar-refractivity contribution >= 4 is 11.8 Å². The third kappa shape index (κ3) is 8.12. The van der Waals surface area contributed by atoms with Crippen molar-refractivity contribution in [3.63, 3.8) is 0 Å². The summed E-state index contributed by atoms with van der Waals surface area (Å²) in [5, 5.41) is 3.00. The summed E-state index contributed by atoms with van der Waals surface area (Å²) in [5.41, 5.74) is 1.99. The van der Waals surface area contributed by atoms with Crippen molar-refractivity contribution in [3.8, 4) is 11.5 Å². The van der Waals surface area contributed by atoms with E-state index in [0.29, 0.717) is 44.1 Å². The minimum atomic E-state index is -0.564. The lowest BCUT2D eigenvalue weighted by Gasteiger charge is -2.30. The minimum absolute atomic E-state index is 0.0579. The number of hydrogen-bond donors (Lipinski definition) is 1. The van der Waals surface area contributed by atoms with Crippen LogP contribution in [-0.2, 0) is 22.6 Å². The fourth-order valence-corrected chi connectivity index (χ4v) is 3.47. The third-order valence-electron chi connectivity index (χ3n) is 5.60. The van der Waals surface area contributed by atoms with Gasteiger partial charge in [0.15, 0.2) is 11.5 Å². The fourth-order valence-electron chi connectivity index (χ4n) is 3.47. The first-order valence-electron chi connectivity index (χ1n) is 11.9. The Morgan fingerprint density at radius 3 is 2.21 bits per heavy atom. The van der Waals surface area contributed by atoms with E-state index in [1.54, 1.807) is 11.8 Å². The molecule has 6 nitrogen and oxygen atoms in total. The Kier molecular flexibility index (Phi) is 10.7. The van der Waals surface area contributed by atoms with Gasteiger partial charge in [-0.3, -0.25) is 9.59 Å². The van der Waals surface area contributed by atoms with Gasteiger partial charge in [0.2, 0.25) is 11.8 Å². The molecule has 0 saturated heterocycles. The lowest BCUT2D eigenvalue weighted by molar-refractivity contribution is -0.140. The zero-order chi connectivity index (χ0) is 24.2. The number of carbonyl (C=O) groups excluding carboxylic acids is 2. The van der Waals surface area contributed by atoms with Gasteiger partial charge in [-0.15, -0.1) is 0 Å². The SMILES string of the molecule is CCOc1ccc(CCC(=O)N(Cc2ccccc2)[C@H](C)C(=O)N[C@@H](C)CC)cc1OCC. The monoisotopic (exact) mass is 454 g/mol. The van der Waals surface area contributed by atoms with E-state index in [1.807, 2.05) is 76.2 Å². The van der Waals surface area contributed by atoms with Gasteiger partial charge in [0.05, 0.1) is 13.2 Å². The molecule has 0 aliphatic carbocycles. The van der Waals surface area contributed by atoms with Crippen molar-refractivity contribution < 1.29 is 19.1 Å². The first-order chi connectivity index (χ1) is 15.9. The molecule has 6 heteroatoms. The molecule has 2 rings (SSSR count). The summed E-state index contributed by atoms with van der Waals surface area (Å²) in [6.07, 6.45) is 1.69. The summed E-state index contributed by atoms with van der Waals surface area (Å²) in [4.78, 5) is 27.8. The number of nitrogens with one attached hydrogen (secondary N) is 1. The largest absolute Gasteiger partial charge is 0.490 e. The number of nitrogens with zero attached hydrogens (tertiary/aromatic N) is 1. The van der Waals surface area contributed by atoms with E-state index in [0.717, 1.165) is 17.5 Å². The van der Waals surface area contributed by atoms with Crippen LogP contribution < -0.4 is 14.8 Å². The van der Waals surface area contributed by atoms with Gasteiger partial charge in [-0.1, -0.05) is 43.3 Å². The Balaban J connectivity index is 2.15. The van der Waals surface area contributed by atoms with Crippen molar-refractivity contribution in [2.75, 3.05) is 13.2 Å². The fraction of sp³-hybridized carbons (Fsp3) is 0.481. The topological polar surface area (TPSA) is 67.9 Å². The number of hydrogen-bond acceptors (Lipinski definition) is 4. The quantitative estimate of drug-likeness (QED) is 0.474. The highest BCUT2D eigenvalue weighted by molar-refractivity contribution is 5.87. The van der Waals surface area contributed by atoms with Gasteiger partial charge in [0.25, 0.3) is 0 Å². The zero-order valence-electron chi connectivity index (χ0n) is 20.6. The van der Waals surface area contributed by atoms with Crippen molar-refractivity contribution in [2.24, 2.45) is 0 Å². The van der Waals surface area contributed by atoms with E-state index >= 15 is 0 Å². The number of benzene rings is 2. The van der Waals surface area contributed by atoms with E-state index in [4.69, 9.17) is 9.47 Å². The Labute approximate surface area is 198 Å². The van der Waals surface area contributed by atoms with Crippen LogP contribution in [0.25, 0.3) is 0 Å². The predicted molar refractivity (Wildman–Crippen MR) is 131 cm³/mol. The molecule has 0 spiro atoms. The van der Waals surface area contributed by atoms with Gasteiger partial charge in [-0.05, 0) is 63.8 Å². The minimum Gasteiger partial charge on any atom is -0.490 e. The number of rotatable bonds is 13. The molecule has 2 amide bonds. The highest BCUT2D eigenvalue weighted by Gasteiger charge is 2.26. The molecule has 0 radical (unpaired) electrons. The van der Waals surface area contributed by atoms with Crippen LogP contribution in [0.4, 0.5) is 0 Å². The van der Waals surface area contributed by atoms with E-state index in [9.17, 15) is 9.59 Å². The van der Waals surface area contributed by atoms with E-state index in [1.165, 1.54) is 0 Å². The van der Waals surface area contributed by atoms with Crippen molar-refractivity contribution in [1.29, 1.82) is 0 Å². The number of ether oxygens (including phenoxy) is 2. The molecule has 33 heavy (non-hydrogen) atoms. The molecule has 180 valence electrons. The maximum absolute atomic E-state index is 13.3. The van der Waals surface area contributed by atoms with Crippen molar-refractivity contribution in [1.82, 2.24) is 10.2 Å². The highest BCUT2D eigenvalue weighted by atomic mass is 16.5. The molecule has 0 aromatic heterocycles. The number of carbonyl (C=O) groups is 2. The van der Waals surface area contributed by atoms with Crippen LogP contribution in [0.1, 0.15) is 58.6 Å². The van der Waals surface area contributed by atoms with Crippen LogP contribution in [0.15, 0.2) is 48.5 Å². The molecule has 2 atom stereocenters. The summed E-state index contributed by atoms with van der Waals surface area (Å²) in [6, 6.07) is 15.0. The Bertz CT molecular complexity index is 885. The van der Waals surface area contributed by atoms with Gasteiger partial charge >= 0.3 is 0 Å². The molecule has 0 aliphatic rings. The summed E-state index contributed by atoms with van der Waals surface area (Å²) in [7, 11) is 0. The normalized spacial score (nSPS) is 12.5. The molecule has 0 unspecified atom stereocenters. The van der Waals surface area contributed by atoms with Gasteiger partial charge in [-0.2, -0.15) is 0 Å². The van der Waals surface area contributed by atoms with Crippen molar-refractivity contribution in [2.45, 2.75) is 72.5 Å². The molecular weight excluding hydrogens is 416 g/mol. The van der Waals surface area contributed by atoms with Gasteiger partial charge in [0.1, 0.15) is 6.04 Å². The average molecular weight is 455 g/mol. The lowest BCUT2D eigenvalue weighted by atomic mass is 10.1. The molecule has 0 aliphatic heterocycles. The lowest BCUT2D eigenvalue weighted by Crippen LogP contribution is -2.49. The van der Waals surface area contributed by atoms with Crippen LogP contribution in [0.3, 0.4) is 0 Å². The maximum Gasteiger partial charge on any atom is 0.242 e. The molecule has 2 aromatic carbocycles. The van der Waals surface area contributed by atoms with Gasteiger partial charge < -0.3 is 19.7 Å². The first kappa shape index (κ1) is 26.2. The smallest absolute Gasteiger partial charge is 0.242 e. The van der Waals surface area contributed by atoms with Crippen LogP contribution in [0, 0.1) is 0 Å². The maximum atomic E-state index is 13.3. The van der Waals surface area contributed by atoms with Gasteiger partial charge in [-0.25, -0.2) is 0 Å². The molecule has 0 bridgehead atoms. The number of amides is 2. The third-order valence-corrected chi connectivity index (χ3v) is 5.60. The second-order valence-electron chi connectivity index (χ2n) is 8.15. The second kappa shape index (κ2) is 13.5. The molecule has 2 aromatic rings. The first-order valence-corrected chi connectivity index (χ1v) is 11.9. The second-order valence-corrected chi connectivity index (χ2v) is 8.15. The van der Waals surface area contributed by atoms with Gasteiger partial charge in [0, 0.05) is 19.0 Å². The molecule has 0 fully saturated rings. The molecule has 0 saturated carbocycles. The van der Waals surface area contributed by atoms with Crippen LogP contribution >= 0.6 is 0 Å². The summed E-state index contributed by atoms with van der Waals surface area (Å²) < 4.78 is 11.3. The van der Waals surface area contributed by atoms with E-state index in [-0.39, 0.29) is 17.9 Å². The Morgan fingerprint density at radius 2 is 1.58 bits per heavy atom. The average Bonchev–Trinajstić information content (AvgIpc) is 2.82. The highest BCUT2D eigenvalue weighted by Crippen LogP contribution is 2.29. The van der Waals surface area contributed by atoms with E-state index in [2.05, 4.69) is 5.32 Å². The summed E-state index contributed by atoms with van der Waals surface area (Å²) in [5.74, 6) is 1.20. The van der Waals surface area contributed by atoms with Crippen LogP contribution in [0.5, 0.6) is 11.5 Å². The van der Waals surface area contributed by atoms with Crippen molar-refractivity contribution in [3.05, 3.63) is 59.7 Å². The summed E-state index contributed by atoms with van der Waals surface area (Å²) in [6.45, 7) is 11.1.